The minimum Gasteiger partial charge on any atom is -0.300 e. The highest BCUT2D eigenvalue weighted by molar-refractivity contribution is 7.80. The van der Waals surface area contributed by atoms with Crippen LogP contribution in [0.25, 0.3) is 0 Å². The smallest absolute Gasteiger partial charge is 0.195 e. The van der Waals surface area contributed by atoms with Crippen LogP contribution < -0.4 is 16.7 Å². The Kier molecular flexibility index (Phi) is 3.42. The van der Waals surface area contributed by atoms with E-state index < -0.39 is 0 Å². The molecule has 0 aliphatic rings. The molecule has 0 atom stereocenters. The van der Waals surface area contributed by atoms with E-state index in [9.17, 15) is 0 Å². The molecule has 0 spiro atoms. The molecule has 8 heavy (non-hydrogen) atoms. The van der Waals surface area contributed by atoms with E-state index in [-0.39, 0.29) is 0 Å². The molecule has 0 aromatic heterocycles. The third kappa shape index (κ3) is 3.79. The second-order valence-corrected chi connectivity index (χ2v) is 1.89. The minimum absolute atomic E-state index is 0.412. The fourth-order valence-corrected chi connectivity index (χ4v) is 0.418. The Morgan fingerprint density at radius 2 is 2.12 bits per heavy atom. The van der Waals surface area contributed by atoms with Gasteiger partial charge >= 0.3 is 0 Å². The van der Waals surface area contributed by atoms with Crippen molar-refractivity contribution in [3.63, 3.8) is 0 Å². The lowest BCUT2D eigenvalue weighted by Crippen LogP contribution is -2.45. The number of thiocarbonyl (C=S) groups is 1. The van der Waals surface area contributed by atoms with Crippen molar-refractivity contribution in [2.24, 2.45) is 5.84 Å². The molecule has 0 rings (SSSR count). The van der Waals surface area contributed by atoms with Crippen LogP contribution in [0, 0.1) is 0 Å². The van der Waals surface area contributed by atoms with Crippen LogP contribution in [0.1, 0.15) is 0 Å². The van der Waals surface area contributed by atoms with E-state index in [0.29, 0.717) is 5.11 Å². The highest BCUT2D eigenvalue weighted by Crippen LogP contribution is 1.63. The number of hydrazine groups is 2. The summed E-state index contributed by atoms with van der Waals surface area (Å²) in [6.07, 6.45) is 0. The second-order valence-electron chi connectivity index (χ2n) is 1.48. The molecule has 5 heteroatoms. The maximum atomic E-state index is 4.94. The number of nitrogens with one attached hydrogen (secondary N) is 2. The molecule has 0 saturated carbocycles. The van der Waals surface area contributed by atoms with Gasteiger partial charge < -0.3 is 0 Å². The number of nitrogens with zero attached hydrogens (tertiary/aromatic N) is 1. The van der Waals surface area contributed by atoms with E-state index in [1.54, 1.807) is 5.01 Å². The molecule has 0 saturated heterocycles. The quantitative estimate of drug-likeness (QED) is 0.239. The Labute approximate surface area is 54.0 Å². The zero-order valence-electron chi connectivity index (χ0n) is 4.93. The maximum absolute atomic E-state index is 4.94. The van der Waals surface area contributed by atoms with Gasteiger partial charge in [0, 0.05) is 14.1 Å². The summed E-state index contributed by atoms with van der Waals surface area (Å²) in [4.78, 5) is 0. The Bertz CT molecular complexity index is 81.4. The predicted molar refractivity (Wildman–Crippen MR) is 36.7 cm³/mol. The number of hydrogen-bond donors (Lipinski definition) is 3. The monoisotopic (exact) mass is 134 g/mol. The van der Waals surface area contributed by atoms with Crippen molar-refractivity contribution in [2.45, 2.75) is 0 Å². The number of nitrogens with two attached hydrogens (primary N) is 1. The van der Waals surface area contributed by atoms with Crippen LogP contribution in [-0.2, 0) is 0 Å². The van der Waals surface area contributed by atoms with Gasteiger partial charge in [-0.1, -0.05) is 0 Å². The highest BCUT2D eigenvalue weighted by Gasteiger charge is 1.88. The molecule has 0 unspecified atom stereocenters. The Balaban J connectivity index is 3.25. The number of hydrogen-bond acceptors (Lipinski definition) is 3. The van der Waals surface area contributed by atoms with Crippen molar-refractivity contribution in [3.05, 3.63) is 0 Å². The molecule has 0 aliphatic carbocycles. The van der Waals surface area contributed by atoms with Gasteiger partial charge in [-0.25, -0.2) is 10.9 Å². The second kappa shape index (κ2) is 3.59. The molecule has 0 fully saturated rings. The molecule has 0 bridgehead atoms. The molecule has 0 aliphatic heterocycles. The lowest BCUT2D eigenvalue weighted by Gasteiger charge is -2.12. The average Bonchev–Trinajstić information content (AvgIpc) is 1.65. The lowest BCUT2D eigenvalue weighted by molar-refractivity contribution is 0.360. The van der Waals surface area contributed by atoms with E-state index in [1.165, 1.54) is 0 Å². The van der Waals surface area contributed by atoms with Gasteiger partial charge in [0.05, 0.1) is 0 Å². The Morgan fingerprint density at radius 1 is 1.62 bits per heavy atom. The van der Waals surface area contributed by atoms with Crippen molar-refractivity contribution in [1.29, 1.82) is 0 Å². The standard InChI is InChI=1S/C3H10N4S/c1-7(2)6-3(8)5-4/h4H2,1-2H3,(H2,5,6,8). The van der Waals surface area contributed by atoms with E-state index >= 15 is 0 Å². The first-order valence-electron chi connectivity index (χ1n) is 2.11. The fraction of sp³-hybridized carbons (Fsp3) is 0.667. The van der Waals surface area contributed by atoms with Gasteiger partial charge in [0.25, 0.3) is 0 Å². The van der Waals surface area contributed by atoms with Crippen LogP contribution in [0.4, 0.5) is 0 Å². The first kappa shape index (κ1) is 7.61. The molecular weight excluding hydrogens is 124 g/mol. The molecule has 4 nitrogen and oxygen atoms in total. The first-order chi connectivity index (χ1) is 3.66. The zero-order chi connectivity index (χ0) is 6.57. The molecule has 0 amide bonds. The molecular formula is C3H10N4S. The lowest BCUT2D eigenvalue weighted by atomic mass is 11.1. The van der Waals surface area contributed by atoms with Crippen LogP contribution in [0.5, 0.6) is 0 Å². The van der Waals surface area contributed by atoms with Gasteiger partial charge in [-0.2, -0.15) is 0 Å². The van der Waals surface area contributed by atoms with Gasteiger partial charge in [0.15, 0.2) is 5.11 Å². The van der Waals surface area contributed by atoms with E-state index in [4.69, 9.17) is 5.84 Å². The van der Waals surface area contributed by atoms with Crippen molar-refractivity contribution in [3.8, 4) is 0 Å². The largest absolute Gasteiger partial charge is 0.300 e. The summed E-state index contributed by atoms with van der Waals surface area (Å²) in [5.74, 6) is 4.94. The van der Waals surface area contributed by atoms with Crippen molar-refractivity contribution in [2.75, 3.05) is 14.1 Å². The summed E-state index contributed by atoms with van der Waals surface area (Å²) >= 11 is 4.64. The minimum atomic E-state index is 0.412. The van der Waals surface area contributed by atoms with Crippen molar-refractivity contribution >= 4 is 17.3 Å². The Hall–Kier alpha value is -0.390. The van der Waals surface area contributed by atoms with Gasteiger partial charge in [-0.05, 0) is 12.2 Å². The Morgan fingerprint density at radius 3 is 2.25 bits per heavy atom. The fourth-order valence-electron chi connectivity index (χ4n) is 0.235. The highest BCUT2D eigenvalue weighted by atomic mass is 32.1. The van der Waals surface area contributed by atoms with E-state index in [0.717, 1.165) is 0 Å². The normalized spacial score (nSPS) is 9.00. The SMILES string of the molecule is CN(C)NC(=S)NN. The summed E-state index contributed by atoms with van der Waals surface area (Å²) in [7, 11) is 3.65. The maximum Gasteiger partial charge on any atom is 0.195 e. The van der Waals surface area contributed by atoms with Crippen LogP contribution in [0.2, 0.25) is 0 Å². The third-order valence-corrected chi connectivity index (χ3v) is 0.665. The molecule has 48 valence electrons. The molecule has 0 aromatic carbocycles. The first-order valence-corrected chi connectivity index (χ1v) is 2.52. The third-order valence-electron chi connectivity index (χ3n) is 0.456. The molecule has 0 aromatic rings. The van der Waals surface area contributed by atoms with Crippen molar-refractivity contribution in [1.82, 2.24) is 15.9 Å². The topological polar surface area (TPSA) is 53.3 Å². The van der Waals surface area contributed by atoms with Crippen LogP contribution >= 0.6 is 12.2 Å². The van der Waals surface area contributed by atoms with Gasteiger partial charge in [-0.15, -0.1) is 0 Å². The molecule has 0 radical (unpaired) electrons. The molecule has 4 N–H and O–H groups in total. The molecule has 0 heterocycles. The van der Waals surface area contributed by atoms with Gasteiger partial charge in [0.1, 0.15) is 0 Å². The van der Waals surface area contributed by atoms with Crippen LogP contribution in [0.15, 0.2) is 0 Å². The average molecular weight is 134 g/mol. The summed E-state index contributed by atoms with van der Waals surface area (Å²) in [5.41, 5.74) is 5.00. The summed E-state index contributed by atoms with van der Waals surface area (Å²) in [6.45, 7) is 0. The van der Waals surface area contributed by atoms with E-state index in [2.05, 4.69) is 23.1 Å². The summed E-state index contributed by atoms with van der Waals surface area (Å²) in [5, 5.41) is 2.11. The predicted octanol–water partition coefficient (Wildman–Crippen LogP) is -1.20. The van der Waals surface area contributed by atoms with Crippen LogP contribution in [-0.4, -0.2) is 24.2 Å². The van der Waals surface area contributed by atoms with E-state index in [1.807, 2.05) is 14.1 Å². The number of rotatable bonds is 1. The van der Waals surface area contributed by atoms with Crippen LogP contribution in [0.3, 0.4) is 0 Å². The summed E-state index contributed by atoms with van der Waals surface area (Å²) in [6, 6.07) is 0. The van der Waals surface area contributed by atoms with Gasteiger partial charge in [-0.3, -0.25) is 10.9 Å². The summed E-state index contributed by atoms with van der Waals surface area (Å²) < 4.78 is 0. The van der Waals surface area contributed by atoms with Crippen molar-refractivity contribution < 1.29 is 0 Å². The van der Waals surface area contributed by atoms with Gasteiger partial charge in [0.2, 0.25) is 0 Å². The zero-order valence-corrected chi connectivity index (χ0v) is 5.75.